The summed E-state index contributed by atoms with van der Waals surface area (Å²) in [5, 5.41) is 3.51. The van der Waals surface area contributed by atoms with Gasteiger partial charge in [-0.3, -0.25) is 0 Å². The first kappa shape index (κ1) is 13.7. The quantitative estimate of drug-likeness (QED) is 0.648. The number of carbonyl (C=O) groups excluding carboxylic acids is 1. The topological polar surface area (TPSA) is 64.3 Å². The maximum absolute atomic E-state index is 11.6. The van der Waals surface area contributed by atoms with Gasteiger partial charge in [0, 0.05) is 5.54 Å². The first-order valence-electron chi connectivity index (χ1n) is 6.80. The Hall–Kier alpha value is -1.71. The summed E-state index contributed by atoms with van der Waals surface area (Å²) in [6, 6.07) is 5.22. The van der Waals surface area contributed by atoms with Crippen LogP contribution < -0.4 is 11.1 Å². The molecule has 0 aromatic heterocycles. The maximum atomic E-state index is 11.6. The van der Waals surface area contributed by atoms with E-state index in [0.717, 1.165) is 18.5 Å². The van der Waals surface area contributed by atoms with E-state index in [1.165, 1.54) is 26.4 Å². The lowest BCUT2D eigenvalue weighted by molar-refractivity contribution is 0.0601. The van der Waals surface area contributed by atoms with Gasteiger partial charge < -0.3 is 15.8 Å². The molecule has 104 valence electrons. The van der Waals surface area contributed by atoms with Crippen molar-refractivity contribution in [3.63, 3.8) is 0 Å². The summed E-state index contributed by atoms with van der Waals surface area (Å²) >= 11 is 0. The summed E-state index contributed by atoms with van der Waals surface area (Å²) in [7, 11) is 1.38. The zero-order valence-electron chi connectivity index (χ0n) is 11.7. The lowest BCUT2D eigenvalue weighted by Crippen LogP contribution is -2.37. The van der Waals surface area contributed by atoms with Crippen LogP contribution in [-0.4, -0.2) is 18.6 Å². The Labute approximate surface area is 114 Å². The number of anilines is 2. The number of nitrogens with one attached hydrogen (secondary N) is 1. The number of carbonyl (C=O) groups is 1. The molecular weight excluding hydrogens is 240 g/mol. The highest BCUT2D eigenvalue weighted by Crippen LogP contribution is 2.33. The summed E-state index contributed by atoms with van der Waals surface area (Å²) in [6.07, 6.45) is 6.04. The van der Waals surface area contributed by atoms with Gasteiger partial charge in [-0.1, -0.05) is 19.3 Å². The molecule has 1 aromatic carbocycles. The summed E-state index contributed by atoms with van der Waals surface area (Å²) in [5.41, 5.74) is 8.08. The first-order valence-corrected chi connectivity index (χ1v) is 6.80. The SMILES string of the molecule is COC(=O)c1ccc(N)c(NC2(C)CCCCC2)c1. The maximum Gasteiger partial charge on any atom is 0.337 e. The first-order chi connectivity index (χ1) is 9.04. The van der Waals surface area contributed by atoms with E-state index >= 15 is 0 Å². The predicted molar refractivity (Wildman–Crippen MR) is 77.3 cm³/mol. The van der Waals surface area contributed by atoms with Gasteiger partial charge in [0.25, 0.3) is 0 Å². The summed E-state index contributed by atoms with van der Waals surface area (Å²) in [4.78, 5) is 11.6. The predicted octanol–water partition coefficient (Wildman–Crippen LogP) is 3.19. The van der Waals surface area contributed by atoms with Gasteiger partial charge >= 0.3 is 5.97 Å². The molecule has 0 amide bonds. The fraction of sp³-hybridized carbons (Fsp3) is 0.533. The van der Waals surface area contributed by atoms with Crippen LogP contribution in [0.3, 0.4) is 0 Å². The van der Waals surface area contributed by atoms with Gasteiger partial charge in [0.05, 0.1) is 24.0 Å². The molecule has 2 rings (SSSR count). The highest BCUT2D eigenvalue weighted by atomic mass is 16.5. The van der Waals surface area contributed by atoms with Gasteiger partial charge in [-0.25, -0.2) is 4.79 Å². The lowest BCUT2D eigenvalue weighted by atomic mass is 9.83. The van der Waals surface area contributed by atoms with E-state index in [1.807, 2.05) is 0 Å². The van der Waals surface area contributed by atoms with E-state index in [4.69, 9.17) is 10.5 Å². The van der Waals surface area contributed by atoms with Crippen molar-refractivity contribution in [2.24, 2.45) is 0 Å². The van der Waals surface area contributed by atoms with Crippen LogP contribution in [0.1, 0.15) is 49.4 Å². The summed E-state index contributed by atoms with van der Waals surface area (Å²) in [6.45, 7) is 2.22. The fourth-order valence-corrected chi connectivity index (χ4v) is 2.69. The Morgan fingerprint density at radius 2 is 2.00 bits per heavy atom. The van der Waals surface area contributed by atoms with Gasteiger partial charge in [0.1, 0.15) is 0 Å². The number of hydrogen-bond donors (Lipinski definition) is 2. The van der Waals surface area contributed by atoms with Gasteiger partial charge in [-0.15, -0.1) is 0 Å². The number of ether oxygens (including phenoxy) is 1. The number of nitrogens with two attached hydrogens (primary N) is 1. The fourth-order valence-electron chi connectivity index (χ4n) is 2.69. The van der Waals surface area contributed by atoms with Crippen molar-refractivity contribution in [3.8, 4) is 0 Å². The van der Waals surface area contributed by atoms with E-state index in [9.17, 15) is 4.79 Å². The van der Waals surface area contributed by atoms with E-state index in [-0.39, 0.29) is 11.5 Å². The van der Waals surface area contributed by atoms with E-state index in [0.29, 0.717) is 11.3 Å². The smallest absolute Gasteiger partial charge is 0.337 e. The Bertz CT molecular complexity index is 465. The molecule has 0 spiro atoms. The van der Waals surface area contributed by atoms with Crippen LogP contribution in [0.15, 0.2) is 18.2 Å². The molecule has 0 radical (unpaired) electrons. The van der Waals surface area contributed by atoms with Crippen LogP contribution in [0.2, 0.25) is 0 Å². The molecule has 1 fully saturated rings. The molecule has 1 aliphatic carbocycles. The van der Waals surface area contributed by atoms with Crippen molar-refractivity contribution in [1.29, 1.82) is 0 Å². The minimum absolute atomic E-state index is 0.0705. The van der Waals surface area contributed by atoms with Crippen LogP contribution in [0.4, 0.5) is 11.4 Å². The summed E-state index contributed by atoms with van der Waals surface area (Å²) in [5.74, 6) is -0.336. The second-order valence-corrected chi connectivity index (χ2v) is 5.54. The Kier molecular flexibility index (Phi) is 3.98. The number of rotatable bonds is 3. The Morgan fingerprint density at radius 1 is 1.32 bits per heavy atom. The molecule has 0 saturated heterocycles. The molecule has 1 aliphatic rings. The summed E-state index contributed by atoms with van der Waals surface area (Å²) < 4.78 is 4.74. The molecule has 0 atom stereocenters. The van der Waals surface area contributed by atoms with E-state index < -0.39 is 0 Å². The van der Waals surface area contributed by atoms with Gasteiger partial charge in [0.15, 0.2) is 0 Å². The molecule has 19 heavy (non-hydrogen) atoms. The third kappa shape index (κ3) is 3.19. The number of nitrogen functional groups attached to an aromatic ring is 1. The second-order valence-electron chi connectivity index (χ2n) is 5.54. The van der Waals surface area contributed by atoms with Gasteiger partial charge in [-0.05, 0) is 38.0 Å². The van der Waals surface area contributed by atoms with Crippen LogP contribution in [0.5, 0.6) is 0 Å². The Balaban J connectivity index is 2.21. The van der Waals surface area contributed by atoms with Crippen LogP contribution in [0, 0.1) is 0 Å². The van der Waals surface area contributed by atoms with Crippen molar-refractivity contribution in [1.82, 2.24) is 0 Å². The molecular formula is C15H22N2O2. The third-order valence-corrected chi connectivity index (χ3v) is 3.87. The van der Waals surface area contributed by atoms with Crippen LogP contribution >= 0.6 is 0 Å². The van der Waals surface area contributed by atoms with Crippen molar-refractivity contribution in [2.75, 3.05) is 18.2 Å². The zero-order chi connectivity index (χ0) is 13.9. The molecule has 4 heteroatoms. The van der Waals surface area contributed by atoms with Crippen molar-refractivity contribution >= 4 is 17.3 Å². The molecule has 0 bridgehead atoms. The molecule has 1 saturated carbocycles. The number of methoxy groups -OCH3 is 1. The molecule has 0 heterocycles. The monoisotopic (exact) mass is 262 g/mol. The normalized spacial score (nSPS) is 17.8. The molecule has 0 aliphatic heterocycles. The highest BCUT2D eigenvalue weighted by Gasteiger charge is 2.27. The largest absolute Gasteiger partial charge is 0.465 e. The van der Waals surface area contributed by atoms with Gasteiger partial charge in [0.2, 0.25) is 0 Å². The molecule has 3 N–H and O–H groups in total. The highest BCUT2D eigenvalue weighted by molar-refractivity contribution is 5.92. The molecule has 0 unspecified atom stereocenters. The standard InChI is InChI=1S/C15H22N2O2/c1-15(8-4-3-5-9-15)17-13-10-11(14(18)19-2)6-7-12(13)16/h6-7,10,17H,3-5,8-9,16H2,1-2H3. The van der Waals surface area contributed by atoms with Crippen molar-refractivity contribution in [3.05, 3.63) is 23.8 Å². The van der Waals surface area contributed by atoms with Crippen LogP contribution in [-0.2, 0) is 4.74 Å². The number of esters is 1. The van der Waals surface area contributed by atoms with Gasteiger partial charge in [-0.2, -0.15) is 0 Å². The molecule has 1 aromatic rings. The number of hydrogen-bond acceptors (Lipinski definition) is 4. The minimum atomic E-state index is -0.336. The number of benzene rings is 1. The molecule has 4 nitrogen and oxygen atoms in total. The second kappa shape index (κ2) is 5.51. The van der Waals surface area contributed by atoms with E-state index in [2.05, 4.69) is 12.2 Å². The van der Waals surface area contributed by atoms with Crippen molar-refractivity contribution < 1.29 is 9.53 Å². The third-order valence-electron chi connectivity index (χ3n) is 3.87. The van der Waals surface area contributed by atoms with Crippen LogP contribution in [0.25, 0.3) is 0 Å². The van der Waals surface area contributed by atoms with Crippen molar-refractivity contribution in [2.45, 2.75) is 44.6 Å². The lowest BCUT2D eigenvalue weighted by Gasteiger charge is -2.36. The minimum Gasteiger partial charge on any atom is -0.465 e. The zero-order valence-corrected chi connectivity index (χ0v) is 11.7. The average molecular weight is 262 g/mol. The van der Waals surface area contributed by atoms with E-state index in [1.54, 1.807) is 18.2 Å². The average Bonchev–Trinajstić information content (AvgIpc) is 2.41. The Morgan fingerprint density at radius 3 is 2.63 bits per heavy atom.